The Hall–Kier alpha value is -2.31. The maximum atomic E-state index is 13.8. The summed E-state index contributed by atoms with van der Waals surface area (Å²) in [6.45, 7) is 2.40. The van der Waals surface area contributed by atoms with Crippen molar-refractivity contribution in [1.29, 1.82) is 0 Å². The molecule has 0 saturated carbocycles. The largest absolute Gasteiger partial charge is 0.328 e. The molecule has 21 heavy (non-hydrogen) atoms. The number of piperidine rings is 1. The average Bonchev–Trinajstić information content (AvgIpc) is 2.93. The number of hydrogen-bond donors (Lipinski definition) is 1. The maximum Gasteiger partial charge on any atom is 0.257 e. The number of carbonyl (C=O) groups excluding carboxylic acids is 1. The first-order valence-corrected chi connectivity index (χ1v) is 6.96. The Morgan fingerprint density at radius 1 is 1.48 bits per heavy atom. The van der Waals surface area contributed by atoms with E-state index in [0.29, 0.717) is 18.2 Å². The number of aryl methyl sites for hydroxylation is 1. The summed E-state index contributed by atoms with van der Waals surface area (Å²) in [7, 11) is 0. The Morgan fingerprint density at radius 2 is 2.33 bits per heavy atom. The van der Waals surface area contributed by atoms with Crippen LogP contribution in [0.15, 0.2) is 18.5 Å². The molecule has 0 aromatic carbocycles. The van der Waals surface area contributed by atoms with E-state index in [1.165, 1.54) is 12.3 Å². The molecule has 1 atom stereocenters. The molecule has 1 saturated heterocycles. The predicted octanol–water partition coefficient (Wildman–Crippen LogP) is 2.01. The SMILES string of the molecule is Cc1nc([C@@H]2CCCCN2C(=O)c2ccncc2F)n[nH]1. The summed E-state index contributed by atoms with van der Waals surface area (Å²) in [5.74, 6) is 0.369. The molecule has 1 aliphatic heterocycles. The van der Waals surface area contributed by atoms with Gasteiger partial charge in [-0.15, -0.1) is 0 Å². The number of halogens is 1. The van der Waals surface area contributed by atoms with Crippen LogP contribution in [-0.4, -0.2) is 37.5 Å². The molecule has 1 amide bonds. The van der Waals surface area contributed by atoms with Crippen LogP contribution < -0.4 is 0 Å². The molecule has 0 aliphatic carbocycles. The lowest BCUT2D eigenvalue weighted by Crippen LogP contribution is -2.39. The van der Waals surface area contributed by atoms with Crippen molar-refractivity contribution in [2.24, 2.45) is 0 Å². The molecule has 6 nitrogen and oxygen atoms in total. The molecule has 2 aromatic heterocycles. The molecule has 3 rings (SSSR count). The molecule has 0 bridgehead atoms. The number of hydrogen-bond acceptors (Lipinski definition) is 4. The van der Waals surface area contributed by atoms with Gasteiger partial charge in [0, 0.05) is 12.7 Å². The second-order valence-electron chi connectivity index (χ2n) is 5.14. The summed E-state index contributed by atoms with van der Waals surface area (Å²) < 4.78 is 13.8. The van der Waals surface area contributed by atoms with Crippen molar-refractivity contribution >= 4 is 5.91 Å². The molecule has 0 unspecified atom stereocenters. The zero-order valence-electron chi connectivity index (χ0n) is 11.7. The summed E-state index contributed by atoms with van der Waals surface area (Å²) in [6, 6.07) is 1.20. The molecule has 3 heterocycles. The van der Waals surface area contributed by atoms with Gasteiger partial charge >= 0.3 is 0 Å². The van der Waals surface area contributed by atoms with Gasteiger partial charge in [0.2, 0.25) is 0 Å². The van der Waals surface area contributed by atoms with Gasteiger partial charge in [-0.1, -0.05) is 0 Å². The monoisotopic (exact) mass is 289 g/mol. The molecule has 1 fully saturated rings. The van der Waals surface area contributed by atoms with Crippen LogP contribution in [0.4, 0.5) is 4.39 Å². The van der Waals surface area contributed by atoms with Crippen molar-refractivity contribution in [3.05, 3.63) is 41.5 Å². The smallest absolute Gasteiger partial charge is 0.257 e. The van der Waals surface area contributed by atoms with E-state index in [2.05, 4.69) is 20.2 Å². The van der Waals surface area contributed by atoms with Crippen LogP contribution in [0.1, 0.15) is 47.3 Å². The standard InChI is InChI=1S/C14H16FN5O/c1-9-17-13(19-18-9)12-4-2-3-7-20(12)14(21)10-5-6-16-8-11(10)15/h5-6,8,12H,2-4,7H2,1H3,(H,17,18,19)/t12-/m0/s1. The molecule has 0 radical (unpaired) electrons. The highest BCUT2D eigenvalue weighted by molar-refractivity contribution is 5.94. The zero-order chi connectivity index (χ0) is 14.8. The van der Waals surface area contributed by atoms with Gasteiger partial charge in [0.15, 0.2) is 11.6 Å². The first kappa shape index (κ1) is 13.7. The van der Waals surface area contributed by atoms with Gasteiger partial charge in [0.05, 0.1) is 17.8 Å². The third-order valence-electron chi connectivity index (χ3n) is 3.68. The lowest BCUT2D eigenvalue weighted by Gasteiger charge is -2.34. The summed E-state index contributed by atoms with van der Waals surface area (Å²) in [5, 5.41) is 6.95. The normalized spacial score (nSPS) is 18.8. The van der Waals surface area contributed by atoms with E-state index in [-0.39, 0.29) is 17.5 Å². The number of rotatable bonds is 2. The number of pyridine rings is 1. The second kappa shape index (κ2) is 5.59. The molecule has 7 heteroatoms. The number of likely N-dealkylation sites (tertiary alicyclic amines) is 1. The van der Waals surface area contributed by atoms with E-state index < -0.39 is 5.82 Å². The summed E-state index contributed by atoms with van der Waals surface area (Å²) in [5.41, 5.74) is 0.0455. The summed E-state index contributed by atoms with van der Waals surface area (Å²) >= 11 is 0. The second-order valence-corrected chi connectivity index (χ2v) is 5.14. The first-order valence-electron chi connectivity index (χ1n) is 6.96. The number of aromatic nitrogens is 4. The van der Waals surface area contributed by atoms with Crippen molar-refractivity contribution < 1.29 is 9.18 Å². The number of amides is 1. The van der Waals surface area contributed by atoms with Crippen LogP contribution in [0.3, 0.4) is 0 Å². The van der Waals surface area contributed by atoms with Gasteiger partial charge in [-0.2, -0.15) is 5.10 Å². The molecule has 2 aromatic rings. The van der Waals surface area contributed by atoms with E-state index in [0.717, 1.165) is 25.5 Å². The van der Waals surface area contributed by atoms with E-state index in [1.807, 2.05) is 6.92 Å². The molecule has 1 aliphatic rings. The van der Waals surface area contributed by atoms with Gasteiger partial charge < -0.3 is 4.90 Å². The number of nitrogens with zero attached hydrogens (tertiary/aromatic N) is 4. The summed E-state index contributed by atoms with van der Waals surface area (Å²) in [4.78, 5) is 22.3. The lowest BCUT2D eigenvalue weighted by atomic mass is 10.0. The fourth-order valence-corrected chi connectivity index (χ4v) is 2.66. The maximum absolute atomic E-state index is 13.8. The Bertz CT molecular complexity index is 656. The van der Waals surface area contributed by atoms with Gasteiger partial charge in [-0.05, 0) is 32.3 Å². The third kappa shape index (κ3) is 2.63. The van der Waals surface area contributed by atoms with Crippen LogP contribution in [-0.2, 0) is 0 Å². The molecular formula is C14H16FN5O. The number of aromatic amines is 1. The Balaban J connectivity index is 1.91. The van der Waals surface area contributed by atoms with Crippen molar-refractivity contribution in [2.75, 3.05) is 6.54 Å². The molecule has 1 N–H and O–H groups in total. The van der Waals surface area contributed by atoms with Crippen molar-refractivity contribution in [3.8, 4) is 0 Å². The third-order valence-corrected chi connectivity index (χ3v) is 3.68. The van der Waals surface area contributed by atoms with E-state index in [4.69, 9.17) is 0 Å². The highest BCUT2D eigenvalue weighted by atomic mass is 19.1. The quantitative estimate of drug-likeness (QED) is 0.917. The van der Waals surface area contributed by atoms with Crippen molar-refractivity contribution in [1.82, 2.24) is 25.1 Å². The minimum absolute atomic E-state index is 0.0455. The van der Waals surface area contributed by atoms with Gasteiger partial charge in [-0.3, -0.25) is 14.9 Å². The lowest BCUT2D eigenvalue weighted by molar-refractivity contribution is 0.0595. The van der Waals surface area contributed by atoms with Crippen LogP contribution in [0.5, 0.6) is 0 Å². The Kier molecular flexibility index (Phi) is 3.64. The fourth-order valence-electron chi connectivity index (χ4n) is 2.66. The number of carbonyl (C=O) groups is 1. The Labute approximate surface area is 121 Å². The van der Waals surface area contributed by atoms with Gasteiger partial charge in [0.1, 0.15) is 5.82 Å². The predicted molar refractivity (Wildman–Crippen MR) is 72.9 cm³/mol. The molecular weight excluding hydrogens is 273 g/mol. The van der Waals surface area contributed by atoms with Crippen LogP contribution in [0.2, 0.25) is 0 Å². The summed E-state index contributed by atoms with van der Waals surface area (Å²) in [6.07, 6.45) is 5.17. The van der Waals surface area contributed by atoms with Crippen LogP contribution in [0.25, 0.3) is 0 Å². The fraction of sp³-hybridized carbons (Fsp3) is 0.429. The van der Waals surface area contributed by atoms with Crippen molar-refractivity contribution in [2.45, 2.75) is 32.2 Å². The van der Waals surface area contributed by atoms with Crippen molar-refractivity contribution in [3.63, 3.8) is 0 Å². The average molecular weight is 289 g/mol. The topological polar surface area (TPSA) is 74.8 Å². The van der Waals surface area contributed by atoms with E-state index in [1.54, 1.807) is 4.90 Å². The molecule has 110 valence electrons. The zero-order valence-corrected chi connectivity index (χ0v) is 11.7. The molecule has 0 spiro atoms. The highest BCUT2D eigenvalue weighted by Crippen LogP contribution is 2.30. The van der Waals surface area contributed by atoms with Gasteiger partial charge in [0.25, 0.3) is 5.91 Å². The van der Waals surface area contributed by atoms with Gasteiger partial charge in [-0.25, -0.2) is 9.37 Å². The van der Waals surface area contributed by atoms with Crippen LogP contribution in [0, 0.1) is 12.7 Å². The Morgan fingerprint density at radius 3 is 3.05 bits per heavy atom. The minimum Gasteiger partial charge on any atom is -0.328 e. The highest BCUT2D eigenvalue weighted by Gasteiger charge is 2.32. The van der Waals surface area contributed by atoms with Crippen LogP contribution >= 0.6 is 0 Å². The van der Waals surface area contributed by atoms with E-state index >= 15 is 0 Å². The number of nitrogens with one attached hydrogen (secondary N) is 1. The first-order chi connectivity index (χ1) is 10.2. The number of H-pyrrole nitrogens is 1. The van der Waals surface area contributed by atoms with E-state index in [9.17, 15) is 9.18 Å². The minimum atomic E-state index is -0.599.